The molecule has 2 heterocycles. The molecule has 2 saturated heterocycles. The molecule has 0 aliphatic carbocycles. The Morgan fingerprint density at radius 1 is 1.29 bits per heavy atom. The highest BCUT2D eigenvalue weighted by Crippen LogP contribution is 2.38. The van der Waals surface area contributed by atoms with Crippen molar-refractivity contribution in [2.45, 2.75) is 63.6 Å². The summed E-state index contributed by atoms with van der Waals surface area (Å²) in [4.78, 5) is 2.59. The second-order valence-corrected chi connectivity index (χ2v) is 5.23. The van der Waals surface area contributed by atoms with Crippen LogP contribution in [0.5, 0.6) is 0 Å². The van der Waals surface area contributed by atoms with Gasteiger partial charge in [-0.2, -0.15) is 0 Å². The fourth-order valence-corrected chi connectivity index (χ4v) is 3.37. The van der Waals surface area contributed by atoms with E-state index in [-0.39, 0.29) is 0 Å². The van der Waals surface area contributed by atoms with Crippen LogP contribution in [0.3, 0.4) is 0 Å². The van der Waals surface area contributed by atoms with Gasteiger partial charge in [0.25, 0.3) is 0 Å². The largest absolute Gasteiger partial charge is 0.327 e. The maximum absolute atomic E-state index is 6.24. The van der Waals surface area contributed by atoms with Crippen molar-refractivity contribution in [3.63, 3.8) is 0 Å². The Bertz CT molecular complexity index is 179. The van der Waals surface area contributed by atoms with Gasteiger partial charge in [0, 0.05) is 18.1 Å². The molecule has 2 fully saturated rings. The van der Waals surface area contributed by atoms with Crippen LogP contribution in [-0.2, 0) is 0 Å². The third-order valence-corrected chi connectivity index (χ3v) is 4.36. The number of hydrogen-bond donors (Lipinski definition) is 1. The van der Waals surface area contributed by atoms with Gasteiger partial charge in [-0.15, -0.1) is 0 Å². The van der Waals surface area contributed by atoms with Gasteiger partial charge >= 0.3 is 0 Å². The van der Waals surface area contributed by atoms with Crippen LogP contribution < -0.4 is 5.73 Å². The van der Waals surface area contributed by atoms with Gasteiger partial charge in [-0.1, -0.05) is 13.3 Å². The topological polar surface area (TPSA) is 29.3 Å². The lowest BCUT2D eigenvalue weighted by Gasteiger charge is -2.38. The minimum Gasteiger partial charge on any atom is -0.327 e. The van der Waals surface area contributed by atoms with E-state index in [0.29, 0.717) is 6.04 Å². The zero-order valence-corrected chi connectivity index (χ0v) is 9.58. The van der Waals surface area contributed by atoms with Gasteiger partial charge in [-0.25, -0.2) is 0 Å². The highest BCUT2D eigenvalue weighted by atomic mass is 15.2. The molecule has 2 nitrogen and oxygen atoms in total. The first kappa shape index (κ1) is 10.4. The first-order chi connectivity index (χ1) is 6.72. The number of nitrogens with zero attached hydrogens (tertiary/aromatic N) is 1. The van der Waals surface area contributed by atoms with Crippen molar-refractivity contribution in [3.8, 4) is 0 Å². The first-order valence-corrected chi connectivity index (χ1v) is 6.20. The van der Waals surface area contributed by atoms with Gasteiger partial charge in [0.2, 0.25) is 0 Å². The van der Waals surface area contributed by atoms with Crippen LogP contribution in [0, 0.1) is 5.92 Å². The molecule has 2 heteroatoms. The summed E-state index contributed by atoms with van der Waals surface area (Å²) in [6.07, 6.45) is 7.99. The van der Waals surface area contributed by atoms with E-state index in [4.69, 9.17) is 5.73 Å². The Hall–Kier alpha value is -0.0800. The summed E-state index contributed by atoms with van der Waals surface area (Å²) in [6, 6.07) is 2.17. The molecule has 0 spiro atoms. The lowest BCUT2D eigenvalue weighted by molar-refractivity contribution is 0.118. The molecular formula is C12H24N2. The molecule has 0 aromatic carbocycles. The summed E-state index contributed by atoms with van der Waals surface area (Å²) < 4.78 is 0. The van der Waals surface area contributed by atoms with E-state index in [1.165, 1.54) is 38.5 Å². The SMILES string of the molecule is CCCC(N)C1CC2CCC(C1)N2C. The number of piperidine rings is 1. The zero-order valence-electron chi connectivity index (χ0n) is 9.58. The normalized spacial score (nSPS) is 40.1. The molecule has 0 aromatic rings. The van der Waals surface area contributed by atoms with Crippen molar-refractivity contribution in [3.05, 3.63) is 0 Å². The molecule has 0 amide bonds. The zero-order chi connectivity index (χ0) is 10.1. The van der Waals surface area contributed by atoms with Gasteiger partial charge in [-0.05, 0) is 45.1 Å². The third-order valence-electron chi connectivity index (χ3n) is 4.36. The predicted octanol–water partition coefficient (Wildman–Crippen LogP) is 1.99. The van der Waals surface area contributed by atoms with E-state index in [2.05, 4.69) is 18.9 Å². The molecule has 3 atom stereocenters. The summed E-state index contributed by atoms with van der Waals surface area (Å²) >= 11 is 0. The average molecular weight is 196 g/mol. The molecule has 3 unspecified atom stereocenters. The van der Waals surface area contributed by atoms with Gasteiger partial charge in [0.1, 0.15) is 0 Å². The van der Waals surface area contributed by atoms with E-state index in [9.17, 15) is 0 Å². The van der Waals surface area contributed by atoms with E-state index in [1.54, 1.807) is 0 Å². The predicted molar refractivity (Wildman–Crippen MR) is 60.2 cm³/mol. The van der Waals surface area contributed by atoms with E-state index in [1.807, 2.05) is 0 Å². The number of rotatable bonds is 3. The van der Waals surface area contributed by atoms with Crippen molar-refractivity contribution < 1.29 is 0 Å². The number of fused-ring (bicyclic) bond motifs is 2. The molecule has 14 heavy (non-hydrogen) atoms. The molecule has 0 saturated carbocycles. The van der Waals surface area contributed by atoms with Crippen LogP contribution in [0.2, 0.25) is 0 Å². The van der Waals surface area contributed by atoms with Crippen LogP contribution in [0.15, 0.2) is 0 Å². The van der Waals surface area contributed by atoms with Crippen LogP contribution in [0.4, 0.5) is 0 Å². The van der Waals surface area contributed by atoms with E-state index < -0.39 is 0 Å². The summed E-state index contributed by atoms with van der Waals surface area (Å²) in [5, 5.41) is 0. The van der Waals surface area contributed by atoms with Gasteiger partial charge in [0.05, 0.1) is 0 Å². The Balaban J connectivity index is 1.92. The van der Waals surface area contributed by atoms with Crippen molar-refractivity contribution >= 4 is 0 Å². The molecule has 0 aromatic heterocycles. The summed E-state index contributed by atoms with van der Waals surface area (Å²) in [7, 11) is 2.30. The molecule has 2 aliphatic heterocycles. The highest BCUT2D eigenvalue weighted by Gasteiger charge is 2.39. The monoisotopic (exact) mass is 196 g/mol. The standard InChI is InChI=1S/C12H24N2/c1-3-4-12(13)9-7-10-5-6-11(8-9)14(10)2/h9-12H,3-8,13H2,1-2H3. The van der Waals surface area contributed by atoms with Crippen LogP contribution in [0.1, 0.15) is 45.4 Å². The lowest BCUT2D eigenvalue weighted by Crippen LogP contribution is -2.45. The van der Waals surface area contributed by atoms with Gasteiger partial charge in [-0.3, -0.25) is 0 Å². The molecule has 2 bridgehead atoms. The maximum Gasteiger partial charge on any atom is 0.00989 e. The van der Waals surface area contributed by atoms with Crippen LogP contribution >= 0.6 is 0 Å². The van der Waals surface area contributed by atoms with Crippen molar-refractivity contribution in [1.29, 1.82) is 0 Å². The van der Waals surface area contributed by atoms with E-state index in [0.717, 1.165) is 18.0 Å². The average Bonchev–Trinajstić information content (AvgIpc) is 2.42. The van der Waals surface area contributed by atoms with Gasteiger partial charge in [0.15, 0.2) is 0 Å². The molecule has 0 radical (unpaired) electrons. The summed E-state index contributed by atoms with van der Waals surface area (Å²) in [5.41, 5.74) is 6.24. The highest BCUT2D eigenvalue weighted by molar-refractivity contribution is 4.95. The Morgan fingerprint density at radius 2 is 1.86 bits per heavy atom. The third kappa shape index (κ3) is 1.82. The Kier molecular flexibility index (Phi) is 3.13. The first-order valence-electron chi connectivity index (χ1n) is 6.20. The Morgan fingerprint density at radius 3 is 2.36 bits per heavy atom. The molecule has 2 aliphatic rings. The number of hydrogen-bond acceptors (Lipinski definition) is 2. The fraction of sp³-hybridized carbons (Fsp3) is 1.00. The smallest absolute Gasteiger partial charge is 0.00989 e. The van der Waals surface area contributed by atoms with Gasteiger partial charge < -0.3 is 10.6 Å². The molecule has 2 rings (SSSR count). The molecule has 82 valence electrons. The second-order valence-electron chi connectivity index (χ2n) is 5.23. The van der Waals surface area contributed by atoms with Crippen molar-refractivity contribution in [2.75, 3.05) is 7.05 Å². The lowest BCUT2D eigenvalue weighted by atomic mass is 9.84. The quantitative estimate of drug-likeness (QED) is 0.748. The molecular weight excluding hydrogens is 172 g/mol. The van der Waals surface area contributed by atoms with Crippen molar-refractivity contribution in [1.82, 2.24) is 4.90 Å². The minimum absolute atomic E-state index is 0.469. The summed E-state index contributed by atoms with van der Waals surface area (Å²) in [5.74, 6) is 0.809. The van der Waals surface area contributed by atoms with Crippen molar-refractivity contribution in [2.24, 2.45) is 11.7 Å². The second kappa shape index (κ2) is 4.19. The maximum atomic E-state index is 6.24. The fourth-order valence-electron chi connectivity index (χ4n) is 3.37. The summed E-state index contributed by atoms with van der Waals surface area (Å²) in [6.45, 7) is 2.24. The Labute approximate surface area is 87.8 Å². The van der Waals surface area contributed by atoms with E-state index >= 15 is 0 Å². The number of nitrogens with two attached hydrogens (primary N) is 1. The van der Waals surface area contributed by atoms with Crippen LogP contribution in [0.25, 0.3) is 0 Å². The minimum atomic E-state index is 0.469. The van der Waals surface area contributed by atoms with Crippen LogP contribution in [-0.4, -0.2) is 30.1 Å². The molecule has 2 N–H and O–H groups in total.